The molecule has 0 aliphatic rings. The molecule has 3 aromatic heterocycles. The largest absolute Gasteiger partial charge is 0.451 e. The van der Waals surface area contributed by atoms with Crippen LogP contribution in [0.4, 0.5) is 0 Å². The van der Waals surface area contributed by atoms with Crippen molar-refractivity contribution in [2.45, 2.75) is 27.3 Å². The number of thiophene rings is 1. The molecule has 29 heavy (non-hydrogen) atoms. The van der Waals surface area contributed by atoms with Crippen molar-refractivity contribution in [3.8, 4) is 0 Å². The summed E-state index contributed by atoms with van der Waals surface area (Å²) in [5.74, 6) is -0.709. The van der Waals surface area contributed by atoms with Crippen LogP contribution in [0.1, 0.15) is 42.7 Å². The molecule has 0 saturated carbocycles. The van der Waals surface area contributed by atoms with E-state index in [2.05, 4.69) is 10.6 Å². The summed E-state index contributed by atoms with van der Waals surface area (Å²) < 4.78 is 13.0. The van der Waals surface area contributed by atoms with Crippen molar-refractivity contribution in [3.63, 3.8) is 0 Å². The van der Waals surface area contributed by atoms with Gasteiger partial charge in [-0.15, -0.1) is 11.3 Å². The number of carbonyl (C=O) groups excluding carboxylic acids is 2. The van der Waals surface area contributed by atoms with Crippen molar-refractivity contribution in [2.24, 2.45) is 0 Å². The number of nitrogens with zero attached hydrogens (tertiary/aromatic N) is 1. The molecule has 0 N–H and O–H groups in total. The van der Waals surface area contributed by atoms with Gasteiger partial charge in [-0.3, -0.25) is 4.79 Å². The Balaban J connectivity index is 1.48. The van der Waals surface area contributed by atoms with Crippen molar-refractivity contribution in [2.75, 3.05) is 6.61 Å². The second-order valence-corrected chi connectivity index (χ2v) is 8.03. The lowest BCUT2D eigenvalue weighted by atomic mass is 10.1. The minimum absolute atomic E-state index is 0.141. The number of aryl methyl sites for hydroxylation is 2. The van der Waals surface area contributed by atoms with Crippen LogP contribution in [0.5, 0.6) is 0 Å². The molecule has 0 aliphatic heterocycles. The highest BCUT2D eigenvalue weighted by molar-refractivity contribution is 7.09. The second kappa shape index (κ2) is 7.72. The zero-order valence-corrected chi connectivity index (χ0v) is 17.3. The number of benzene rings is 1. The number of aromatic nitrogens is 1. The molecule has 0 unspecified atom stereocenters. The maximum Gasteiger partial charge on any atom is 0.375 e. The van der Waals surface area contributed by atoms with E-state index in [4.69, 9.17) is 9.15 Å². The molecule has 0 spiro atoms. The first-order chi connectivity index (χ1) is 14.0. The van der Waals surface area contributed by atoms with Gasteiger partial charge in [0.15, 0.2) is 6.61 Å². The first kappa shape index (κ1) is 19.2. The molecule has 0 atom stereocenters. The van der Waals surface area contributed by atoms with Gasteiger partial charge >= 0.3 is 5.97 Å². The summed E-state index contributed by atoms with van der Waals surface area (Å²) in [6.45, 7) is 6.10. The van der Waals surface area contributed by atoms with Crippen LogP contribution in [0.2, 0.25) is 0 Å². The van der Waals surface area contributed by atoms with E-state index in [9.17, 15) is 9.59 Å². The van der Waals surface area contributed by atoms with Gasteiger partial charge in [0.1, 0.15) is 5.58 Å². The smallest absolute Gasteiger partial charge is 0.375 e. The molecule has 6 heteroatoms. The summed E-state index contributed by atoms with van der Waals surface area (Å²) in [5.41, 5.74) is 3.79. The van der Waals surface area contributed by atoms with Crippen LogP contribution in [0.25, 0.3) is 11.0 Å². The number of furan rings is 1. The maximum atomic E-state index is 12.7. The number of fused-ring (bicyclic) bond motifs is 1. The van der Waals surface area contributed by atoms with Crippen LogP contribution in [0.15, 0.2) is 52.3 Å². The lowest BCUT2D eigenvalue weighted by Crippen LogP contribution is -2.15. The Kier molecular flexibility index (Phi) is 5.11. The third-order valence-corrected chi connectivity index (χ3v) is 5.99. The van der Waals surface area contributed by atoms with Gasteiger partial charge in [-0.05, 0) is 44.4 Å². The third kappa shape index (κ3) is 3.63. The predicted octanol–water partition coefficient (Wildman–Crippen LogP) is 5.31. The Morgan fingerprint density at radius 2 is 1.90 bits per heavy atom. The van der Waals surface area contributed by atoms with Gasteiger partial charge in [-0.1, -0.05) is 24.3 Å². The van der Waals surface area contributed by atoms with E-state index in [0.717, 1.165) is 23.3 Å². The minimum atomic E-state index is -0.626. The first-order valence-electron chi connectivity index (χ1n) is 9.33. The van der Waals surface area contributed by atoms with Crippen LogP contribution < -0.4 is 0 Å². The SMILES string of the molecule is Cc1c(C(=O)OCC(=O)c2cc(C)n(Cc3cccs3)c2C)oc2ccccc12. The van der Waals surface area contributed by atoms with Gasteiger partial charge in [0.25, 0.3) is 0 Å². The number of rotatable bonds is 6. The molecular formula is C23H21NO4S. The normalized spacial score (nSPS) is 11.1. The third-order valence-electron chi connectivity index (χ3n) is 5.13. The molecule has 0 aliphatic carbocycles. The summed E-state index contributed by atoms with van der Waals surface area (Å²) in [6, 6.07) is 13.4. The predicted molar refractivity (Wildman–Crippen MR) is 113 cm³/mol. The standard InChI is InChI=1S/C23H21NO4S/c1-14-11-19(16(3)24(14)12-17-7-6-10-29-17)20(25)13-27-23(26)22-15(2)18-8-4-5-9-21(18)28-22/h4-11H,12-13H2,1-3H3. The Hall–Kier alpha value is -3.12. The zero-order chi connectivity index (χ0) is 20.5. The fraction of sp³-hybridized carbons (Fsp3) is 0.217. The molecule has 4 aromatic rings. The van der Waals surface area contributed by atoms with Crippen LogP contribution in [-0.4, -0.2) is 22.9 Å². The molecule has 0 saturated heterocycles. The maximum absolute atomic E-state index is 12.7. The number of hydrogen-bond donors (Lipinski definition) is 0. The molecule has 0 radical (unpaired) electrons. The molecule has 148 valence electrons. The fourth-order valence-electron chi connectivity index (χ4n) is 3.53. The summed E-state index contributed by atoms with van der Waals surface area (Å²) in [7, 11) is 0. The van der Waals surface area contributed by atoms with Gasteiger partial charge in [0, 0.05) is 32.8 Å². The minimum Gasteiger partial charge on any atom is -0.451 e. The van der Waals surface area contributed by atoms with E-state index < -0.39 is 5.97 Å². The van der Waals surface area contributed by atoms with Gasteiger partial charge in [-0.25, -0.2) is 4.79 Å². The van der Waals surface area contributed by atoms with Crippen molar-refractivity contribution in [3.05, 3.63) is 81.0 Å². The average Bonchev–Trinajstić information content (AvgIpc) is 3.42. The number of hydrogen-bond acceptors (Lipinski definition) is 5. The van der Waals surface area contributed by atoms with Crippen LogP contribution in [-0.2, 0) is 11.3 Å². The molecule has 1 aromatic carbocycles. The highest BCUT2D eigenvalue weighted by Crippen LogP contribution is 2.25. The van der Waals surface area contributed by atoms with Crippen LogP contribution in [0, 0.1) is 20.8 Å². The highest BCUT2D eigenvalue weighted by atomic mass is 32.1. The van der Waals surface area contributed by atoms with Gasteiger partial charge in [-0.2, -0.15) is 0 Å². The molecule has 0 bridgehead atoms. The second-order valence-electron chi connectivity index (χ2n) is 7.00. The van der Waals surface area contributed by atoms with Gasteiger partial charge in [0.05, 0.1) is 6.54 Å². The monoisotopic (exact) mass is 407 g/mol. The van der Waals surface area contributed by atoms with E-state index in [0.29, 0.717) is 16.7 Å². The Morgan fingerprint density at radius 3 is 2.62 bits per heavy atom. The number of para-hydroxylation sites is 1. The Labute approximate surface area is 172 Å². The topological polar surface area (TPSA) is 61.4 Å². The summed E-state index contributed by atoms with van der Waals surface area (Å²) in [5, 5.41) is 2.90. The van der Waals surface area contributed by atoms with Crippen LogP contribution >= 0.6 is 11.3 Å². The number of Topliss-reactive ketones (excluding diaryl/α,β-unsaturated/α-hetero) is 1. The lowest BCUT2D eigenvalue weighted by Gasteiger charge is -2.08. The Morgan fingerprint density at radius 1 is 1.10 bits per heavy atom. The quantitative estimate of drug-likeness (QED) is 0.321. The first-order valence-corrected chi connectivity index (χ1v) is 10.2. The molecule has 3 heterocycles. The lowest BCUT2D eigenvalue weighted by molar-refractivity contribution is 0.0445. The van der Waals surface area contributed by atoms with Crippen molar-refractivity contribution in [1.82, 2.24) is 4.57 Å². The molecule has 5 nitrogen and oxygen atoms in total. The van der Waals surface area contributed by atoms with E-state index in [-0.39, 0.29) is 18.2 Å². The van der Waals surface area contributed by atoms with Crippen molar-refractivity contribution < 1.29 is 18.7 Å². The summed E-state index contributed by atoms with van der Waals surface area (Å²) >= 11 is 1.68. The number of ketones is 1. The highest BCUT2D eigenvalue weighted by Gasteiger charge is 2.22. The zero-order valence-electron chi connectivity index (χ0n) is 16.5. The van der Waals surface area contributed by atoms with Crippen molar-refractivity contribution in [1.29, 1.82) is 0 Å². The summed E-state index contributed by atoms with van der Waals surface area (Å²) in [6.07, 6.45) is 0. The van der Waals surface area contributed by atoms with Crippen LogP contribution in [0.3, 0.4) is 0 Å². The van der Waals surface area contributed by atoms with E-state index in [1.807, 2.05) is 56.5 Å². The van der Waals surface area contributed by atoms with E-state index in [1.165, 1.54) is 4.88 Å². The van der Waals surface area contributed by atoms with E-state index in [1.54, 1.807) is 17.4 Å². The molecule has 0 fully saturated rings. The van der Waals surface area contributed by atoms with E-state index >= 15 is 0 Å². The van der Waals surface area contributed by atoms with Gasteiger partial charge < -0.3 is 13.7 Å². The fourth-order valence-corrected chi connectivity index (χ4v) is 4.22. The van der Waals surface area contributed by atoms with Gasteiger partial charge in [0.2, 0.25) is 11.5 Å². The molecule has 4 rings (SSSR count). The average molecular weight is 407 g/mol. The van der Waals surface area contributed by atoms with Crippen molar-refractivity contribution >= 4 is 34.1 Å². The number of ether oxygens (including phenoxy) is 1. The Bertz CT molecular complexity index is 1200. The molecular weight excluding hydrogens is 386 g/mol. The number of esters is 1. The number of carbonyl (C=O) groups is 2. The summed E-state index contributed by atoms with van der Waals surface area (Å²) in [4.78, 5) is 26.4. The molecule has 0 amide bonds.